The predicted molar refractivity (Wildman–Crippen MR) is 80.2 cm³/mol. The van der Waals surface area contributed by atoms with Crippen LogP contribution in [0.3, 0.4) is 0 Å². The van der Waals surface area contributed by atoms with Gasteiger partial charge in [-0.25, -0.2) is 9.97 Å². The van der Waals surface area contributed by atoms with Gasteiger partial charge in [0.05, 0.1) is 14.1 Å². The molecular formula is C10H7BrClIN2S. The lowest BCUT2D eigenvalue weighted by Gasteiger charge is -2.04. The molecular weight excluding hydrogens is 422 g/mol. The minimum Gasteiger partial charge on any atom is -0.231 e. The molecule has 0 saturated carbocycles. The minimum absolute atomic E-state index is 0.534. The maximum atomic E-state index is 6.09. The van der Waals surface area contributed by atoms with Crippen LogP contribution in [0.15, 0.2) is 15.9 Å². The van der Waals surface area contributed by atoms with Gasteiger partial charge in [0, 0.05) is 9.85 Å². The number of aryl methyl sites for hydroxylation is 1. The molecule has 0 amide bonds. The van der Waals surface area contributed by atoms with Gasteiger partial charge in [-0.1, -0.05) is 18.5 Å². The lowest BCUT2D eigenvalue weighted by molar-refractivity contribution is 0.992. The Bertz CT molecular complexity index is 530. The molecule has 0 radical (unpaired) electrons. The fourth-order valence-corrected chi connectivity index (χ4v) is 3.41. The SMILES string of the molecule is CCc1nc(-c2cc(Br)cs2)nc(Cl)c1I. The second kappa shape index (κ2) is 5.29. The van der Waals surface area contributed by atoms with E-state index in [1.807, 2.05) is 11.4 Å². The normalized spacial score (nSPS) is 10.8. The first-order valence-corrected chi connectivity index (χ1v) is 7.71. The van der Waals surface area contributed by atoms with Crippen LogP contribution in [-0.4, -0.2) is 9.97 Å². The Morgan fingerprint density at radius 1 is 1.50 bits per heavy atom. The fraction of sp³-hybridized carbons (Fsp3) is 0.200. The van der Waals surface area contributed by atoms with E-state index in [0.717, 1.165) is 25.0 Å². The molecule has 0 bridgehead atoms. The molecule has 0 aliphatic heterocycles. The monoisotopic (exact) mass is 428 g/mol. The molecule has 84 valence electrons. The summed E-state index contributed by atoms with van der Waals surface area (Å²) in [6, 6.07) is 2.00. The van der Waals surface area contributed by atoms with E-state index in [4.69, 9.17) is 11.6 Å². The summed E-state index contributed by atoms with van der Waals surface area (Å²) in [5.41, 5.74) is 1.00. The van der Waals surface area contributed by atoms with E-state index in [9.17, 15) is 0 Å². The second-order valence-corrected chi connectivity index (χ2v) is 6.35. The molecule has 0 saturated heterocycles. The molecule has 0 aromatic carbocycles. The number of rotatable bonds is 2. The van der Waals surface area contributed by atoms with Crippen molar-refractivity contribution >= 4 is 61.5 Å². The van der Waals surface area contributed by atoms with Gasteiger partial charge in [0.2, 0.25) is 0 Å². The topological polar surface area (TPSA) is 25.8 Å². The minimum atomic E-state index is 0.534. The Labute approximate surface area is 125 Å². The molecule has 0 fully saturated rings. The largest absolute Gasteiger partial charge is 0.231 e. The Morgan fingerprint density at radius 3 is 2.81 bits per heavy atom. The predicted octanol–water partition coefficient (Wildman–Crippen LogP) is 4.79. The van der Waals surface area contributed by atoms with Gasteiger partial charge >= 0.3 is 0 Å². The number of aromatic nitrogens is 2. The zero-order valence-corrected chi connectivity index (χ0v) is 13.6. The summed E-state index contributed by atoms with van der Waals surface area (Å²) in [6.07, 6.45) is 0.861. The molecule has 2 aromatic rings. The Kier molecular flexibility index (Phi) is 4.21. The van der Waals surface area contributed by atoms with Crippen molar-refractivity contribution < 1.29 is 0 Å². The van der Waals surface area contributed by atoms with Crippen LogP contribution in [0.1, 0.15) is 12.6 Å². The lowest BCUT2D eigenvalue weighted by Crippen LogP contribution is -1.98. The quantitative estimate of drug-likeness (QED) is 0.507. The molecule has 0 spiro atoms. The first kappa shape index (κ1) is 12.7. The third-order valence-electron chi connectivity index (χ3n) is 2.00. The van der Waals surface area contributed by atoms with Gasteiger partial charge in [-0.3, -0.25) is 0 Å². The molecule has 0 aliphatic rings. The van der Waals surface area contributed by atoms with Crippen molar-refractivity contribution in [1.29, 1.82) is 0 Å². The van der Waals surface area contributed by atoms with Crippen molar-refractivity contribution in [3.05, 3.63) is 30.3 Å². The number of thiophene rings is 1. The highest BCUT2D eigenvalue weighted by Crippen LogP contribution is 2.30. The first-order chi connectivity index (χ1) is 7.61. The third-order valence-corrected chi connectivity index (χ3v) is 5.42. The van der Waals surface area contributed by atoms with Crippen LogP contribution < -0.4 is 0 Å². The first-order valence-electron chi connectivity index (χ1n) is 4.58. The smallest absolute Gasteiger partial charge is 0.171 e. The third kappa shape index (κ3) is 2.57. The molecule has 2 rings (SSSR count). The number of hydrogen-bond donors (Lipinski definition) is 0. The van der Waals surface area contributed by atoms with Crippen molar-refractivity contribution in [2.75, 3.05) is 0 Å². The molecule has 2 aromatic heterocycles. The summed E-state index contributed by atoms with van der Waals surface area (Å²) in [4.78, 5) is 9.85. The Balaban J connectivity index is 2.54. The van der Waals surface area contributed by atoms with E-state index in [1.54, 1.807) is 11.3 Å². The number of halogens is 3. The van der Waals surface area contributed by atoms with Gasteiger partial charge in [-0.2, -0.15) is 0 Å². The average Bonchev–Trinajstić information content (AvgIpc) is 2.69. The summed E-state index contributed by atoms with van der Waals surface area (Å²) in [6.45, 7) is 2.06. The van der Waals surface area contributed by atoms with Gasteiger partial charge in [0.25, 0.3) is 0 Å². The molecule has 0 aliphatic carbocycles. The summed E-state index contributed by atoms with van der Waals surface area (Å²) >= 11 is 13.3. The van der Waals surface area contributed by atoms with Crippen LogP contribution in [0.4, 0.5) is 0 Å². The van der Waals surface area contributed by atoms with Crippen molar-refractivity contribution in [1.82, 2.24) is 9.97 Å². The van der Waals surface area contributed by atoms with Crippen LogP contribution >= 0.6 is 61.5 Å². The number of hydrogen-bond acceptors (Lipinski definition) is 3. The van der Waals surface area contributed by atoms with E-state index in [1.165, 1.54) is 0 Å². The molecule has 0 atom stereocenters. The van der Waals surface area contributed by atoms with Gasteiger partial charge in [0.1, 0.15) is 5.15 Å². The fourth-order valence-electron chi connectivity index (χ4n) is 1.24. The average molecular weight is 430 g/mol. The van der Waals surface area contributed by atoms with E-state index in [-0.39, 0.29) is 0 Å². The maximum Gasteiger partial charge on any atom is 0.171 e. The molecule has 16 heavy (non-hydrogen) atoms. The van der Waals surface area contributed by atoms with Crippen molar-refractivity contribution in [2.45, 2.75) is 13.3 Å². The van der Waals surface area contributed by atoms with Crippen LogP contribution in [0.25, 0.3) is 10.7 Å². The van der Waals surface area contributed by atoms with Crippen LogP contribution in [0, 0.1) is 3.57 Å². The zero-order valence-electron chi connectivity index (χ0n) is 8.30. The second-order valence-electron chi connectivity index (χ2n) is 3.08. The molecule has 2 nitrogen and oxygen atoms in total. The Hall–Kier alpha value is 0.280. The van der Waals surface area contributed by atoms with Crippen molar-refractivity contribution in [2.24, 2.45) is 0 Å². The number of nitrogens with zero attached hydrogens (tertiary/aromatic N) is 2. The maximum absolute atomic E-state index is 6.09. The van der Waals surface area contributed by atoms with Crippen LogP contribution in [-0.2, 0) is 6.42 Å². The molecule has 6 heteroatoms. The lowest BCUT2D eigenvalue weighted by atomic mass is 10.3. The zero-order chi connectivity index (χ0) is 11.7. The highest BCUT2D eigenvalue weighted by molar-refractivity contribution is 14.1. The standard InChI is InChI=1S/C10H7BrClIN2S/c1-2-6-8(13)9(12)15-10(14-6)7-3-5(11)4-16-7/h3-4H,2H2,1H3. The Morgan fingerprint density at radius 2 is 2.25 bits per heavy atom. The van der Waals surface area contributed by atoms with Gasteiger partial charge < -0.3 is 0 Å². The van der Waals surface area contributed by atoms with E-state index >= 15 is 0 Å². The van der Waals surface area contributed by atoms with Crippen molar-refractivity contribution in [3.63, 3.8) is 0 Å². The van der Waals surface area contributed by atoms with Crippen LogP contribution in [0.5, 0.6) is 0 Å². The summed E-state index contributed by atoms with van der Waals surface area (Å²) < 4.78 is 1.99. The summed E-state index contributed by atoms with van der Waals surface area (Å²) in [7, 11) is 0. The molecule has 0 unspecified atom stereocenters. The van der Waals surface area contributed by atoms with Gasteiger partial charge in [-0.15, -0.1) is 11.3 Å². The molecule has 2 heterocycles. The van der Waals surface area contributed by atoms with Gasteiger partial charge in [0.15, 0.2) is 5.82 Å². The van der Waals surface area contributed by atoms with E-state index in [0.29, 0.717) is 11.0 Å². The highest BCUT2D eigenvalue weighted by atomic mass is 127. The highest BCUT2D eigenvalue weighted by Gasteiger charge is 2.11. The molecule has 0 N–H and O–H groups in total. The van der Waals surface area contributed by atoms with Crippen molar-refractivity contribution in [3.8, 4) is 10.7 Å². The van der Waals surface area contributed by atoms with E-state index in [2.05, 4.69) is 55.4 Å². The summed E-state index contributed by atoms with van der Waals surface area (Å²) in [5, 5.41) is 2.54. The van der Waals surface area contributed by atoms with E-state index < -0.39 is 0 Å². The van der Waals surface area contributed by atoms with Gasteiger partial charge in [-0.05, 0) is 51.0 Å². The van der Waals surface area contributed by atoms with Crippen LogP contribution in [0.2, 0.25) is 5.15 Å². The summed E-state index contributed by atoms with van der Waals surface area (Å²) in [5.74, 6) is 0.706.